The van der Waals surface area contributed by atoms with Crippen molar-refractivity contribution < 1.29 is 4.74 Å². The van der Waals surface area contributed by atoms with Crippen LogP contribution in [0.15, 0.2) is 30.6 Å². The van der Waals surface area contributed by atoms with E-state index in [2.05, 4.69) is 35.9 Å². The first-order valence-electron chi connectivity index (χ1n) is 9.71. The highest BCUT2D eigenvalue weighted by Crippen LogP contribution is 2.39. The minimum absolute atomic E-state index is 0.0237. The Kier molecular flexibility index (Phi) is 4.83. The third kappa shape index (κ3) is 3.95. The van der Waals surface area contributed by atoms with Gasteiger partial charge in [0.2, 0.25) is 5.88 Å². The van der Waals surface area contributed by atoms with Crippen LogP contribution in [0.25, 0.3) is 16.9 Å². The van der Waals surface area contributed by atoms with Gasteiger partial charge < -0.3 is 10.5 Å². The third-order valence-corrected chi connectivity index (χ3v) is 4.91. The van der Waals surface area contributed by atoms with Crippen LogP contribution in [0.4, 0.5) is 0 Å². The summed E-state index contributed by atoms with van der Waals surface area (Å²) in [5.74, 6) is 1.80. The molecule has 3 aromatic heterocycles. The van der Waals surface area contributed by atoms with Crippen LogP contribution in [0.2, 0.25) is 0 Å². The predicted octanol–water partition coefficient (Wildman–Crippen LogP) is 3.73. The summed E-state index contributed by atoms with van der Waals surface area (Å²) in [5.41, 5.74) is 11.1. The van der Waals surface area contributed by atoms with Gasteiger partial charge >= 0.3 is 0 Å². The van der Waals surface area contributed by atoms with E-state index in [1.807, 2.05) is 29.9 Å². The van der Waals surface area contributed by atoms with Crippen LogP contribution in [0.5, 0.6) is 5.88 Å². The van der Waals surface area contributed by atoms with Crippen LogP contribution in [0, 0.1) is 12.8 Å². The smallest absolute Gasteiger partial charge is 0.216 e. The van der Waals surface area contributed by atoms with Crippen molar-refractivity contribution in [1.82, 2.24) is 19.6 Å². The van der Waals surface area contributed by atoms with Gasteiger partial charge in [-0.1, -0.05) is 13.8 Å². The second-order valence-electron chi connectivity index (χ2n) is 7.99. The van der Waals surface area contributed by atoms with E-state index in [1.54, 1.807) is 0 Å². The average molecular weight is 365 g/mol. The second kappa shape index (κ2) is 7.27. The Morgan fingerprint density at radius 2 is 2.07 bits per heavy atom. The van der Waals surface area contributed by atoms with Crippen LogP contribution in [0.3, 0.4) is 0 Å². The molecule has 4 rings (SSSR count). The Hall–Kier alpha value is -2.47. The molecule has 0 bridgehead atoms. The third-order valence-electron chi connectivity index (χ3n) is 4.91. The molecule has 0 spiro atoms. The molecule has 2 N–H and O–H groups in total. The van der Waals surface area contributed by atoms with Gasteiger partial charge in [0.05, 0.1) is 11.4 Å². The molecular weight excluding hydrogens is 338 g/mol. The number of ether oxygens (including phenoxy) is 1. The summed E-state index contributed by atoms with van der Waals surface area (Å²) < 4.78 is 7.77. The Bertz CT molecular complexity index is 945. The molecule has 0 radical (unpaired) electrons. The second-order valence-corrected chi connectivity index (χ2v) is 7.99. The molecule has 0 aliphatic heterocycles. The van der Waals surface area contributed by atoms with Crippen molar-refractivity contribution in [2.24, 2.45) is 11.7 Å². The number of aromatic nitrogens is 4. The van der Waals surface area contributed by atoms with Gasteiger partial charge in [-0.2, -0.15) is 5.10 Å². The normalized spacial score (nSPS) is 15.4. The van der Waals surface area contributed by atoms with E-state index < -0.39 is 0 Å². The van der Waals surface area contributed by atoms with Crippen LogP contribution in [0.1, 0.15) is 50.3 Å². The van der Waals surface area contributed by atoms with Gasteiger partial charge in [0.1, 0.15) is 6.61 Å². The van der Waals surface area contributed by atoms with Gasteiger partial charge in [0, 0.05) is 41.5 Å². The van der Waals surface area contributed by atoms with Gasteiger partial charge in [0.25, 0.3) is 0 Å². The molecule has 1 unspecified atom stereocenters. The Labute approximate surface area is 159 Å². The summed E-state index contributed by atoms with van der Waals surface area (Å²) in [6.07, 6.45) is 7.06. The molecule has 1 fully saturated rings. The number of fused-ring (bicyclic) bond motifs is 1. The van der Waals surface area contributed by atoms with Gasteiger partial charge in [-0.05, 0) is 44.2 Å². The quantitative estimate of drug-likeness (QED) is 0.690. The molecule has 6 heteroatoms. The van der Waals surface area contributed by atoms with Crippen molar-refractivity contribution in [2.45, 2.75) is 52.0 Å². The lowest BCUT2D eigenvalue weighted by molar-refractivity contribution is 0.260. The van der Waals surface area contributed by atoms with E-state index in [9.17, 15) is 0 Å². The molecule has 3 heterocycles. The molecule has 3 aromatic rings. The van der Waals surface area contributed by atoms with Gasteiger partial charge in [-0.25, -0.2) is 14.5 Å². The number of nitrogens with two attached hydrogens (primary N) is 1. The van der Waals surface area contributed by atoms with Crippen LogP contribution in [-0.2, 0) is 0 Å². The van der Waals surface area contributed by atoms with Crippen LogP contribution < -0.4 is 10.5 Å². The number of aryl methyl sites for hydroxylation is 1. The van der Waals surface area contributed by atoms with E-state index in [-0.39, 0.29) is 6.04 Å². The summed E-state index contributed by atoms with van der Waals surface area (Å²) in [6, 6.07) is 6.18. The summed E-state index contributed by atoms with van der Waals surface area (Å²) in [7, 11) is 0. The van der Waals surface area contributed by atoms with Crippen molar-refractivity contribution in [1.29, 1.82) is 0 Å². The largest absolute Gasteiger partial charge is 0.476 e. The first-order chi connectivity index (χ1) is 13.0. The molecule has 142 valence electrons. The summed E-state index contributed by atoms with van der Waals surface area (Å²) in [5, 5.41) is 4.77. The SMILES string of the molecule is Cc1cc(-c2ccnc3cc(C4CC4)nn23)cnc1OCC(N)CC(C)C. The minimum atomic E-state index is 0.0237. The number of nitrogens with zero attached hydrogens (tertiary/aromatic N) is 4. The number of hydrogen-bond donors (Lipinski definition) is 1. The lowest BCUT2D eigenvalue weighted by Crippen LogP contribution is -2.29. The van der Waals surface area contributed by atoms with Gasteiger partial charge in [-0.3, -0.25) is 0 Å². The van der Waals surface area contributed by atoms with Crippen LogP contribution in [-0.4, -0.2) is 32.2 Å². The first kappa shape index (κ1) is 17.9. The van der Waals surface area contributed by atoms with Gasteiger partial charge in [0.15, 0.2) is 5.65 Å². The molecule has 6 nitrogen and oxygen atoms in total. The lowest BCUT2D eigenvalue weighted by Gasteiger charge is -2.16. The molecule has 0 saturated heterocycles. The van der Waals surface area contributed by atoms with Gasteiger partial charge in [-0.15, -0.1) is 0 Å². The molecule has 27 heavy (non-hydrogen) atoms. The Morgan fingerprint density at radius 3 is 2.78 bits per heavy atom. The highest BCUT2D eigenvalue weighted by atomic mass is 16.5. The van der Waals surface area contributed by atoms with Crippen LogP contribution >= 0.6 is 0 Å². The Morgan fingerprint density at radius 1 is 1.26 bits per heavy atom. The maximum atomic E-state index is 6.12. The van der Waals surface area contributed by atoms with E-state index >= 15 is 0 Å². The van der Waals surface area contributed by atoms with Crippen molar-refractivity contribution >= 4 is 5.65 Å². The van der Waals surface area contributed by atoms with Crippen molar-refractivity contribution in [3.63, 3.8) is 0 Å². The van der Waals surface area contributed by atoms with E-state index in [4.69, 9.17) is 15.6 Å². The number of rotatable bonds is 7. The zero-order chi connectivity index (χ0) is 19.0. The summed E-state index contributed by atoms with van der Waals surface area (Å²) in [6.45, 7) is 6.82. The highest BCUT2D eigenvalue weighted by Gasteiger charge is 2.27. The fourth-order valence-corrected chi connectivity index (χ4v) is 3.42. The summed E-state index contributed by atoms with van der Waals surface area (Å²) in [4.78, 5) is 8.98. The fourth-order valence-electron chi connectivity index (χ4n) is 3.42. The maximum absolute atomic E-state index is 6.12. The topological polar surface area (TPSA) is 78.3 Å². The lowest BCUT2D eigenvalue weighted by atomic mass is 10.1. The van der Waals surface area contributed by atoms with E-state index in [1.165, 1.54) is 12.8 Å². The number of hydrogen-bond acceptors (Lipinski definition) is 5. The molecule has 0 amide bonds. The minimum Gasteiger partial charge on any atom is -0.476 e. The highest BCUT2D eigenvalue weighted by molar-refractivity contribution is 5.63. The standard InChI is InChI=1S/C21H27N5O/c1-13(2)8-17(22)12-27-21-14(3)9-16(11-24-21)19-6-7-23-20-10-18(15-4-5-15)25-26(19)20/h6-7,9-11,13,15,17H,4-5,8,12,22H2,1-3H3. The summed E-state index contributed by atoms with van der Waals surface area (Å²) >= 11 is 0. The monoisotopic (exact) mass is 365 g/mol. The maximum Gasteiger partial charge on any atom is 0.216 e. The molecule has 1 aliphatic carbocycles. The van der Waals surface area contributed by atoms with Crippen molar-refractivity contribution in [3.05, 3.63) is 41.9 Å². The van der Waals surface area contributed by atoms with Crippen molar-refractivity contribution in [2.75, 3.05) is 6.61 Å². The number of pyridine rings is 1. The molecule has 1 aliphatic rings. The van der Waals surface area contributed by atoms with Crippen molar-refractivity contribution in [3.8, 4) is 17.1 Å². The van der Waals surface area contributed by atoms with E-state index in [0.717, 1.165) is 34.6 Å². The predicted molar refractivity (Wildman–Crippen MR) is 106 cm³/mol. The molecular formula is C21H27N5O. The average Bonchev–Trinajstić information content (AvgIpc) is 3.38. The molecule has 1 atom stereocenters. The zero-order valence-corrected chi connectivity index (χ0v) is 16.2. The Balaban J connectivity index is 1.56. The fraction of sp³-hybridized carbons (Fsp3) is 0.476. The van der Waals surface area contributed by atoms with E-state index in [0.29, 0.717) is 24.3 Å². The zero-order valence-electron chi connectivity index (χ0n) is 16.2. The first-order valence-corrected chi connectivity index (χ1v) is 9.71. The molecule has 1 saturated carbocycles. The molecule has 0 aromatic carbocycles.